The molecule has 3 atom stereocenters. The van der Waals surface area contributed by atoms with Crippen molar-refractivity contribution in [3.8, 4) is 11.5 Å². The van der Waals surface area contributed by atoms with Crippen LogP contribution in [0.1, 0.15) is 59.4 Å². The molecule has 0 amide bonds. The van der Waals surface area contributed by atoms with Crippen LogP contribution >= 0.6 is 0 Å². The van der Waals surface area contributed by atoms with Gasteiger partial charge in [-0.3, -0.25) is 9.59 Å². The van der Waals surface area contributed by atoms with Gasteiger partial charge >= 0.3 is 24.2 Å². The highest BCUT2D eigenvalue weighted by Gasteiger charge is 2.30. The fourth-order valence-corrected chi connectivity index (χ4v) is 2.88. The lowest BCUT2D eigenvalue weighted by Crippen LogP contribution is -2.38. The van der Waals surface area contributed by atoms with Crippen LogP contribution in [-0.4, -0.2) is 53.7 Å². The number of carboxylic acid groups (broad SMARTS) is 1. The van der Waals surface area contributed by atoms with E-state index in [0.717, 1.165) is 0 Å². The smallest absolute Gasteiger partial charge is 0.480 e. The van der Waals surface area contributed by atoms with Gasteiger partial charge in [-0.1, -0.05) is 6.07 Å². The maximum atomic E-state index is 12.1. The van der Waals surface area contributed by atoms with Crippen molar-refractivity contribution in [1.29, 1.82) is 0 Å². The van der Waals surface area contributed by atoms with Gasteiger partial charge < -0.3 is 34.5 Å². The molecule has 0 fully saturated rings. The van der Waals surface area contributed by atoms with Crippen molar-refractivity contribution >= 4 is 24.2 Å². The summed E-state index contributed by atoms with van der Waals surface area (Å²) in [5.41, 5.74) is 6.23. The Kier molecular flexibility index (Phi) is 10.6. The van der Waals surface area contributed by atoms with E-state index in [-0.39, 0.29) is 17.9 Å². The SMILES string of the molecule is CC(=O)OC(C)CC(c1ccc(OC(=O)OC(C)C)c(OC(=O)OC(C)C)c1)[C@H](N)C(=O)O. The molecule has 0 aromatic heterocycles. The molecule has 33 heavy (non-hydrogen) atoms. The van der Waals surface area contributed by atoms with Crippen molar-refractivity contribution in [2.45, 2.75) is 78.2 Å². The second-order valence-electron chi connectivity index (χ2n) is 7.87. The number of carbonyl (C=O) groups is 4. The summed E-state index contributed by atoms with van der Waals surface area (Å²) in [6, 6.07) is 2.73. The summed E-state index contributed by atoms with van der Waals surface area (Å²) < 4.78 is 25.3. The molecule has 0 heterocycles. The number of carboxylic acids is 1. The zero-order valence-corrected chi connectivity index (χ0v) is 19.5. The molecule has 0 aliphatic carbocycles. The third-order valence-corrected chi connectivity index (χ3v) is 4.12. The number of hydrogen-bond donors (Lipinski definition) is 2. The number of nitrogens with two attached hydrogens (primary N) is 1. The number of hydrogen-bond acceptors (Lipinski definition) is 10. The molecule has 0 radical (unpaired) electrons. The first-order valence-corrected chi connectivity index (χ1v) is 10.4. The van der Waals surface area contributed by atoms with Crippen molar-refractivity contribution in [3.05, 3.63) is 23.8 Å². The van der Waals surface area contributed by atoms with E-state index in [9.17, 15) is 24.3 Å². The molecule has 184 valence electrons. The van der Waals surface area contributed by atoms with E-state index in [1.54, 1.807) is 34.6 Å². The molecule has 0 saturated heterocycles. The van der Waals surface area contributed by atoms with Crippen LogP contribution in [0, 0.1) is 0 Å². The maximum absolute atomic E-state index is 12.1. The average molecular weight is 469 g/mol. The third-order valence-electron chi connectivity index (χ3n) is 4.12. The zero-order valence-electron chi connectivity index (χ0n) is 19.5. The molecule has 11 nitrogen and oxygen atoms in total. The zero-order chi connectivity index (χ0) is 25.3. The average Bonchev–Trinajstić information content (AvgIpc) is 2.65. The molecule has 1 aromatic carbocycles. The summed E-state index contributed by atoms with van der Waals surface area (Å²) in [5, 5.41) is 9.46. The Morgan fingerprint density at radius 3 is 1.85 bits per heavy atom. The quantitative estimate of drug-likeness (QED) is 0.293. The van der Waals surface area contributed by atoms with Gasteiger partial charge in [-0.15, -0.1) is 0 Å². The number of benzene rings is 1. The van der Waals surface area contributed by atoms with E-state index in [0.29, 0.717) is 5.56 Å². The van der Waals surface area contributed by atoms with Gasteiger partial charge in [-0.05, 0) is 58.7 Å². The molecule has 2 unspecified atom stereocenters. The van der Waals surface area contributed by atoms with E-state index in [1.807, 2.05) is 0 Å². The first-order valence-electron chi connectivity index (χ1n) is 10.4. The monoisotopic (exact) mass is 469 g/mol. The summed E-state index contributed by atoms with van der Waals surface area (Å²) in [4.78, 5) is 46.9. The highest BCUT2D eigenvalue weighted by molar-refractivity contribution is 5.75. The first-order chi connectivity index (χ1) is 15.3. The Balaban J connectivity index is 3.36. The van der Waals surface area contributed by atoms with E-state index >= 15 is 0 Å². The molecule has 3 N–H and O–H groups in total. The van der Waals surface area contributed by atoms with Crippen molar-refractivity contribution < 1.29 is 48.0 Å². The normalized spacial score (nSPS) is 13.6. The highest BCUT2D eigenvalue weighted by Crippen LogP contribution is 2.35. The van der Waals surface area contributed by atoms with Gasteiger partial charge in [0, 0.05) is 12.8 Å². The standard InChI is InChI=1S/C22H31NO10/c1-11(2)29-21(27)32-17-8-7-15(10-18(17)33-22(28)30-12(3)4)16(19(23)20(25)26)9-13(5)31-14(6)24/h7-8,10-13,16,19H,9,23H2,1-6H3,(H,25,26)/t13?,16?,19-/m0/s1. The fraction of sp³-hybridized carbons (Fsp3) is 0.545. The van der Waals surface area contributed by atoms with Crippen LogP contribution in [0.2, 0.25) is 0 Å². The highest BCUT2D eigenvalue weighted by atomic mass is 16.7. The number of carbonyl (C=O) groups excluding carboxylic acids is 3. The molecule has 1 rings (SSSR count). The summed E-state index contributed by atoms with van der Waals surface area (Å²) in [7, 11) is 0. The summed E-state index contributed by atoms with van der Waals surface area (Å²) in [6.07, 6.45) is -3.59. The number of esters is 1. The Morgan fingerprint density at radius 2 is 1.39 bits per heavy atom. The minimum atomic E-state index is -1.36. The fourth-order valence-electron chi connectivity index (χ4n) is 2.88. The number of ether oxygens (including phenoxy) is 5. The second kappa shape index (κ2) is 12.6. The van der Waals surface area contributed by atoms with Gasteiger partial charge in [-0.2, -0.15) is 0 Å². The van der Waals surface area contributed by atoms with E-state index in [1.165, 1.54) is 25.1 Å². The molecule has 0 aliphatic heterocycles. The molecule has 0 saturated carbocycles. The van der Waals surface area contributed by atoms with Gasteiger partial charge in [0.05, 0.1) is 18.3 Å². The number of aliphatic carboxylic acids is 1. The van der Waals surface area contributed by atoms with Crippen LogP contribution in [0.25, 0.3) is 0 Å². The summed E-state index contributed by atoms with van der Waals surface area (Å²) >= 11 is 0. The Hall–Kier alpha value is -3.34. The van der Waals surface area contributed by atoms with Crippen LogP contribution in [-0.2, 0) is 23.8 Å². The van der Waals surface area contributed by atoms with Crippen LogP contribution < -0.4 is 15.2 Å². The van der Waals surface area contributed by atoms with E-state index in [2.05, 4.69) is 0 Å². The Labute approximate surface area is 192 Å². The predicted molar refractivity (Wildman–Crippen MR) is 115 cm³/mol. The molecule has 1 aromatic rings. The van der Waals surface area contributed by atoms with Gasteiger partial charge in [0.1, 0.15) is 6.04 Å². The molecule has 0 bridgehead atoms. The van der Waals surface area contributed by atoms with Crippen LogP contribution in [0.3, 0.4) is 0 Å². The second-order valence-corrected chi connectivity index (χ2v) is 7.87. The first kappa shape index (κ1) is 27.7. The Bertz CT molecular complexity index is 852. The number of rotatable bonds is 10. The predicted octanol–water partition coefficient (Wildman–Crippen LogP) is 3.37. The van der Waals surface area contributed by atoms with Crippen molar-refractivity contribution in [2.24, 2.45) is 5.73 Å². The van der Waals surface area contributed by atoms with E-state index in [4.69, 9.17) is 29.4 Å². The Morgan fingerprint density at radius 1 is 0.879 bits per heavy atom. The maximum Gasteiger partial charge on any atom is 0.514 e. The molecular weight excluding hydrogens is 438 g/mol. The summed E-state index contributed by atoms with van der Waals surface area (Å²) in [6.45, 7) is 9.33. The van der Waals surface area contributed by atoms with E-state index < -0.39 is 54.5 Å². The van der Waals surface area contributed by atoms with Crippen molar-refractivity contribution in [2.75, 3.05) is 0 Å². The molecule has 0 spiro atoms. The van der Waals surface area contributed by atoms with Crippen LogP contribution in [0.5, 0.6) is 11.5 Å². The molecular formula is C22H31NO10. The third kappa shape index (κ3) is 9.77. The molecule has 0 aliphatic rings. The largest absolute Gasteiger partial charge is 0.514 e. The van der Waals surface area contributed by atoms with Crippen LogP contribution in [0.4, 0.5) is 9.59 Å². The van der Waals surface area contributed by atoms with Gasteiger partial charge in [0.25, 0.3) is 0 Å². The van der Waals surface area contributed by atoms with Crippen molar-refractivity contribution in [1.82, 2.24) is 0 Å². The van der Waals surface area contributed by atoms with Gasteiger partial charge in [0.15, 0.2) is 11.5 Å². The topological polar surface area (TPSA) is 161 Å². The lowest BCUT2D eigenvalue weighted by atomic mass is 9.87. The lowest BCUT2D eigenvalue weighted by molar-refractivity contribution is -0.146. The molecule has 11 heteroatoms. The van der Waals surface area contributed by atoms with Gasteiger partial charge in [-0.25, -0.2) is 9.59 Å². The minimum Gasteiger partial charge on any atom is -0.480 e. The minimum absolute atomic E-state index is 0.0680. The van der Waals surface area contributed by atoms with Gasteiger partial charge in [0.2, 0.25) is 0 Å². The van der Waals surface area contributed by atoms with Crippen LogP contribution in [0.15, 0.2) is 18.2 Å². The van der Waals surface area contributed by atoms with Crippen molar-refractivity contribution in [3.63, 3.8) is 0 Å². The lowest BCUT2D eigenvalue weighted by Gasteiger charge is -2.25. The summed E-state index contributed by atoms with van der Waals surface area (Å²) in [5.74, 6) is -3.00.